The van der Waals surface area contributed by atoms with Crippen molar-refractivity contribution >= 4 is 16.0 Å². The van der Waals surface area contributed by atoms with Gasteiger partial charge in [0.2, 0.25) is 0 Å². The zero-order chi connectivity index (χ0) is 11.8. The average Bonchev–Trinajstić information content (AvgIpc) is 2.83. The first-order chi connectivity index (χ1) is 7.50. The Morgan fingerprint density at radius 3 is 2.44 bits per heavy atom. The van der Waals surface area contributed by atoms with Gasteiger partial charge in [-0.15, -0.1) is 0 Å². The molecule has 0 spiro atoms. The molecule has 16 heavy (non-hydrogen) atoms. The Kier molecular flexibility index (Phi) is 2.90. The van der Waals surface area contributed by atoms with Gasteiger partial charge in [0.1, 0.15) is 0 Å². The lowest BCUT2D eigenvalue weighted by atomic mass is 10.3. The molecule has 6 nitrogen and oxygen atoms in total. The van der Waals surface area contributed by atoms with E-state index in [1.807, 2.05) is 13.8 Å². The van der Waals surface area contributed by atoms with Gasteiger partial charge in [0.05, 0.1) is 0 Å². The van der Waals surface area contributed by atoms with E-state index < -0.39 is 10.2 Å². The second kappa shape index (κ2) is 4.06. The molecule has 7 heteroatoms. The fourth-order valence-corrected chi connectivity index (χ4v) is 3.01. The van der Waals surface area contributed by atoms with Crippen LogP contribution in [0.25, 0.3) is 0 Å². The van der Waals surface area contributed by atoms with E-state index in [4.69, 9.17) is 0 Å². The zero-order valence-electron chi connectivity index (χ0n) is 9.45. The van der Waals surface area contributed by atoms with Gasteiger partial charge in [-0.05, 0) is 26.7 Å². The molecule has 0 aromatic carbocycles. The minimum Gasteiger partial charge on any atom is -0.280 e. The summed E-state index contributed by atoms with van der Waals surface area (Å²) in [7, 11) is -3.42. The van der Waals surface area contributed by atoms with Crippen molar-refractivity contribution < 1.29 is 8.42 Å². The summed E-state index contributed by atoms with van der Waals surface area (Å²) in [5.74, 6) is 0.393. The molecule has 1 aliphatic heterocycles. The lowest BCUT2D eigenvalue weighted by Gasteiger charge is -2.15. The number of aromatic nitrogens is 2. The van der Waals surface area contributed by atoms with E-state index in [9.17, 15) is 8.42 Å². The Labute approximate surface area is 95.2 Å². The van der Waals surface area contributed by atoms with Gasteiger partial charge in [0.25, 0.3) is 0 Å². The van der Waals surface area contributed by atoms with Crippen molar-refractivity contribution in [1.29, 1.82) is 0 Å². The van der Waals surface area contributed by atoms with Gasteiger partial charge in [-0.3, -0.25) is 9.82 Å². The molecular weight excluding hydrogens is 228 g/mol. The molecule has 0 amide bonds. The van der Waals surface area contributed by atoms with Crippen LogP contribution in [0.4, 0.5) is 5.82 Å². The maximum absolute atomic E-state index is 11.9. The molecule has 1 saturated heterocycles. The number of hydrogen-bond donors (Lipinski definition) is 2. The van der Waals surface area contributed by atoms with Crippen LogP contribution in [-0.2, 0) is 10.2 Å². The molecule has 2 heterocycles. The fraction of sp³-hybridized carbons (Fsp3) is 0.667. The van der Waals surface area contributed by atoms with Gasteiger partial charge in [-0.25, -0.2) is 0 Å². The molecule has 0 bridgehead atoms. The van der Waals surface area contributed by atoms with Crippen LogP contribution in [0.3, 0.4) is 0 Å². The third kappa shape index (κ3) is 2.05. The SMILES string of the molecule is Cc1[nH]nc(NS(=O)(=O)N2CCCC2)c1C. The molecule has 1 aromatic rings. The highest BCUT2D eigenvalue weighted by Gasteiger charge is 2.26. The number of nitrogens with zero attached hydrogens (tertiary/aromatic N) is 2. The van der Waals surface area contributed by atoms with E-state index in [1.165, 1.54) is 4.31 Å². The minimum atomic E-state index is -3.42. The number of nitrogens with one attached hydrogen (secondary N) is 2. The number of H-pyrrole nitrogens is 1. The molecule has 0 aliphatic carbocycles. The van der Waals surface area contributed by atoms with E-state index in [-0.39, 0.29) is 0 Å². The van der Waals surface area contributed by atoms with E-state index in [0.717, 1.165) is 24.1 Å². The summed E-state index contributed by atoms with van der Waals surface area (Å²) in [6.07, 6.45) is 1.86. The quantitative estimate of drug-likeness (QED) is 0.824. The van der Waals surface area contributed by atoms with Crippen LogP contribution in [0.1, 0.15) is 24.1 Å². The van der Waals surface area contributed by atoms with Gasteiger partial charge < -0.3 is 0 Å². The van der Waals surface area contributed by atoms with Crippen molar-refractivity contribution in [3.63, 3.8) is 0 Å². The van der Waals surface area contributed by atoms with Crippen molar-refractivity contribution in [2.24, 2.45) is 0 Å². The summed E-state index contributed by atoms with van der Waals surface area (Å²) < 4.78 is 27.8. The molecule has 1 fully saturated rings. The predicted octanol–water partition coefficient (Wildman–Crippen LogP) is 0.779. The fourth-order valence-electron chi connectivity index (χ4n) is 1.70. The summed E-state index contributed by atoms with van der Waals surface area (Å²) in [6, 6.07) is 0. The van der Waals surface area contributed by atoms with E-state index in [0.29, 0.717) is 18.9 Å². The topological polar surface area (TPSA) is 78.1 Å². The second-order valence-corrected chi connectivity index (χ2v) is 5.71. The molecule has 0 saturated carbocycles. The Hall–Kier alpha value is -1.08. The van der Waals surface area contributed by atoms with Crippen LogP contribution in [0, 0.1) is 13.8 Å². The first-order valence-corrected chi connectivity index (χ1v) is 6.74. The van der Waals surface area contributed by atoms with Crippen LogP contribution >= 0.6 is 0 Å². The highest BCUT2D eigenvalue weighted by atomic mass is 32.2. The van der Waals surface area contributed by atoms with E-state index in [1.54, 1.807) is 0 Å². The molecule has 0 atom stereocenters. The Morgan fingerprint density at radius 2 is 1.94 bits per heavy atom. The number of aryl methyl sites for hydroxylation is 1. The average molecular weight is 244 g/mol. The third-order valence-corrected chi connectivity index (χ3v) is 4.38. The molecule has 2 rings (SSSR count). The number of aromatic amines is 1. The summed E-state index contributed by atoms with van der Waals surface area (Å²) in [5, 5.41) is 6.68. The van der Waals surface area contributed by atoms with Crippen molar-refractivity contribution in [3.8, 4) is 0 Å². The highest BCUT2D eigenvalue weighted by molar-refractivity contribution is 7.90. The monoisotopic (exact) mass is 244 g/mol. The van der Waals surface area contributed by atoms with Crippen LogP contribution in [0.5, 0.6) is 0 Å². The second-order valence-electron chi connectivity index (χ2n) is 4.04. The maximum atomic E-state index is 11.9. The largest absolute Gasteiger partial charge is 0.302 e. The van der Waals surface area contributed by atoms with Crippen LogP contribution < -0.4 is 4.72 Å². The molecule has 1 aliphatic rings. The summed E-state index contributed by atoms with van der Waals surface area (Å²) in [4.78, 5) is 0. The van der Waals surface area contributed by atoms with Crippen LogP contribution in [0.2, 0.25) is 0 Å². The van der Waals surface area contributed by atoms with E-state index >= 15 is 0 Å². The van der Waals surface area contributed by atoms with Gasteiger partial charge in [-0.1, -0.05) is 0 Å². The predicted molar refractivity (Wildman–Crippen MR) is 61.4 cm³/mol. The first kappa shape index (κ1) is 11.4. The Balaban J connectivity index is 2.17. The molecule has 0 unspecified atom stereocenters. The van der Waals surface area contributed by atoms with Crippen LogP contribution in [0.15, 0.2) is 0 Å². The summed E-state index contributed by atoms with van der Waals surface area (Å²) in [5.41, 5.74) is 1.71. The van der Waals surface area contributed by atoms with Crippen molar-refractivity contribution in [2.45, 2.75) is 26.7 Å². The van der Waals surface area contributed by atoms with Gasteiger partial charge in [-0.2, -0.15) is 17.8 Å². The molecular formula is C9H16N4O2S. The van der Waals surface area contributed by atoms with Gasteiger partial charge in [0.15, 0.2) is 5.82 Å². The zero-order valence-corrected chi connectivity index (χ0v) is 10.3. The van der Waals surface area contributed by atoms with Crippen LogP contribution in [-0.4, -0.2) is 36.0 Å². The molecule has 90 valence electrons. The lowest BCUT2D eigenvalue weighted by Crippen LogP contribution is -2.33. The lowest BCUT2D eigenvalue weighted by molar-refractivity contribution is 0.482. The minimum absolute atomic E-state index is 0.393. The first-order valence-electron chi connectivity index (χ1n) is 5.30. The summed E-state index contributed by atoms with van der Waals surface area (Å²) >= 11 is 0. The number of hydrogen-bond acceptors (Lipinski definition) is 3. The van der Waals surface area contributed by atoms with E-state index in [2.05, 4.69) is 14.9 Å². The molecule has 2 N–H and O–H groups in total. The van der Waals surface area contributed by atoms with Gasteiger partial charge >= 0.3 is 10.2 Å². The van der Waals surface area contributed by atoms with Crippen molar-refractivity contribution in [1.82, 2.24) is 14.5 Å². The number of rotatable bonds is 3. The molecule has 1 aromatic heterocycles. The Morgan fingerprint density at radius 1 is 1.31 bits per heavy atom. The summed E-state index contributed by atoms with van der Waals surface area (Å²) in [6.45, 7) is 4.88. The number of anilines is 1. The molecule has 0 radical (unpaired) electrons. The normalized spacial score (nSPS) is 17.9. The highest BCUT2D eigenvalue weighted by Crippen LogP contribution is 2.19. The maximum Gasteiger partial charge on any atom is 0.302 e. The third-order valence-electron chi connectivity index (χ3n) is 2.88. The van der Waals surface area contributed by atoms with Crippen molar-refractivity contribution in [2.75, 3.05) is 17.8 Å². The smallest absolute Gasteiger partial charge is 0.280 e. The van der Waals surface area contributed by atoms with Crippen molar-refractivity contribution in [3.05, 3.63) is 11.3 Å². The standard InChI is InChI=1S/C9H16N4O2S/c1-7-8(2)10-11-9(7)12-16(14,15)13-5-3-4-6-13/h3-6H2,1-2H3,(H2,10,11,12). The Bertz CT molecular complexity index is 474. The van der Waals surface area contributed by atoms with Gasteiger partial charge in [0, 0.05) is 24.3 Å².